The Balaban J connectivity index is 1.38. The minimum Gasteiger partial charge on any atom is -0.496 e. The van der Waals surface area contributed by atoms with Crippen molar-refractivity contribution < 1.29 is 19.1 Å². The van der Waals surface area contributed by atoms with E-state index in [0.717, 1.165) is 32.0 Å². The summed E-state index contributed by atoms with van der Waals surface area (Å²) in [5.74, 6) is 1.63. The Morgan fingerprint density at radius 2 is 1.61 bits per heavy atom. The predicted molar refractivity (Wildman–Crippen MR) is 128 cm³/mol. The number of methoxy groups -OCH3 is 2. The second-order valence-corrected chi connectivity index (χ2v) is 8.45. The number of amides is 2. The van der Waals surface area contributed by atoms with E-state index in [1.807, 2.05) is 54.6 Å². The quantitative estimate of drug-likeness (QED) is 0.350. The van der Waals surface area contributed by atoms with Crippen LogP contribution in [0.2, 0.25) is 0 Å². The van der Waals surface area contributed by atoms with Crippen LogP contribution in [0.3, 0.4) is 0 Å². The highest BCUT2D eigenvalue weighted by atomic mass is 32.1. The molecule has 2 aromatic carbocycles. The number of thiophene rings is 1. The van der Waals surface area contributed by atoms with E-state index in [1.165, 1.54) is 11.3 Å². The third-order valence-electron chi connectivity index (χ3n) is 5.11. The van der Waals surface area contributed by atoms with E-state index in [4.69, 9.17) is 9.47 Å². The Morgan fingerprint density at radius 3 is 2.33 bits per heavy atom. The van der Waals surface area contributed by atoms with Crippen molar-refractivity contribution in [1.82, 2.24) is 15.5 Å². The number of aromatic amines is 1. The van der Waals surface area contributed by atoms with Gasteiger partial charge in [-0.1, -0.05) is 36.4 Å². The first-order valence-corrected chi connectivity index (χ1v) is 11.2. The number of carbonyl (C=O) groups is 2. The smallest absolute Gasteiger partial charge is 0.230 e. The number of benzene rings is 2. The summed E-state index contributed by atoms with van der Waals surface area (Å²) in [4.78, 5) is 26.6. The molecule has 0 bridgehead atoms. The average Bonchev–Trinajstić information content (AvgIpc) is 3.39. The van der Waals surface area contributed by atoms with Gasteiger partial charge in [0.15, 0.2) is 0 Å². The van der Waals surface area contributed by atoms with Crippen LogP contribution in [-0.4, -0.2) is 36.2 Å². The third kappa shape index (κ3) is 5.32. The molecule has 0 aliphatic carbocycles. The number of anilines is 1. The molecule has 4 rings (SSSR count). The Hall–Kier alpha value is -3.85. The molecule has 170 valence electrons. The molecule has 9 heteroatoms. The van der Waals surface area contributed by atoms with Crippen LogP contribution >= 0.6 is 11.3 Å². The number of nitrogens with one attached hydrogen (secondary N) is 3. The van der Waals surface area contributed by atoms with E-state index in [9.17, 15) is 9.59 Å². The molecule has 0 aliphatic heterocycles. The van der Waals surface area contributed by atoms with E-state index < -0.39 is 0 Å². The number of H-pyrrole nitrogens is 1. The molecule has 2 aromatic heterocycles. The van der Waals surface area contributed by atoms with Crippen molar-refractivity contribution in [3.05, 3.63) is 70.6 Å². The molecule has 0 spiro atoms. The van der Waals surface area contributed by atoms with E-state index in [0.29, 0.717) is 18.1 Å². The molecule has 0 fully saturated rings. The molecular weight excluding hydrogens is 440 g/mol. The molecule has 0 radical (unpaired) electrons. The molecule has 2 heterocycles. The molecule has 0 aliphatic rings. The number of carbonyl (C=O) groups excluding carboxylic acids is 2. The number of fused-ring (bicyclic) bond motifs is 1. The van der Waals surface area contributed by atoms with Crippen LogP contribution in [0.4, 0.5) is 5.82 Å². The lowest BCUT2D eigenvalue weighted by Gasteiger charge is -2.09. The van der Waals surface area contributed by atoms with Gasteiger partial charge in [0.1, 0.15) is 22.1 Å². The maximum Gasteiger partial charge on any atom is 0.230 e. The lowest BCUT2D eigenvalue weighted by molar-refractivity contribution is -0.120. The van der Waals surface area contributed by atoms with Gasteiger partial charge in [-0.2, -0.15) is 5.10 Å². The standard InChI is InChI=1S/C24H24N4O4S/c1-31-19-9-5-3-7-15(19)11-22(30)26-23-18-12-17(33-24(18)28-27-23)13-21(29)25-14-16-8-4-6-10-20(16)32-2/h3-10,12H,11,13-14H2,1-2H3,(H,25,29)(H2,26,27,28,30). The van der Waals surface area contributed by atoms with E-state index in [1.54, 1.807) is 14.2 Å². The first-order chi connectivity index (χ1) is 16.1. The fourth-order valence-corrected chi connectivity index (χ4v) is 4.50. The molecule has 0 saturated carbocycles. The van der Waals surface area contributed by atoms with E-state index in [2.05, 4.69) is 20.8 Å². The number of aromatic nitrogens is 2. The summed E-state index contributed by atoms with van der Waals surface area (Å²) in [5, 5.41) is 13.7. The normalized spacial score (nSPS) is 10.7. The van der Waals surface area contributed by atoms with Crippen molar-refractivity contribution >= 4 is 39.2 Å². The monoisotopic (exact) mass is 464 g/mol. The minimum atomic E-state index is -0.188. The van der Waals surface area contributed by atoms with Crippen LogP contribution in [0.1, 0.15) is 16.0 Å². The first-order valence-electron chi connectivity index (χ1n) is 10.3. The van der Waals surface area contributed by atoms with Crippen LogP contribution in [0.15, 0.2) is 54.6 Å². The molecular formula is C24H24N4O4S. The zero-order valence-corrected chi connectivity index (χ0v) is 19.1. The van der Waals surface area contributed by atoms with Gasteiger partial charge in [0.2, 0.25) is 11.8 Å². The highest BCUT2D eigenvalue weighted by molar-refractivity contribution is 7.18. The maximum atomic E-state index is 12.6. The predicted octanol–water partition coefficient (Wildman–Crippen LogP) is 3.68. The van der Waals surface area contributed by atoms with Gasteiger partial charge in [0.25, 0.3) is 0 Å². The summed E-state index contributed by atoms with van der Waals surface area (Å²) < 4.78 is 10.6. The van der Waals surface area contributed by atoms with Crippen molar-refractivity contribution in [2.45, 2.75) is 19.4 Å². The van der Waals surface area contributed by atoms with Crippen molar-refractivity contribution in [3.63, 3.8) is 0 Å². The number of hydrogen-bond acceptors (Lipinski definition) is 6. The van der Waals surface area contributed by atoms with Crippen LogP contribution in [-0.2, 0) is 29.0 Å². The fraction of sp³-hybridized carbons (Fsp3) is 0.208. The van der Waals surface area contributed by atoms with Crippen LogP contribution in [0.5, 0.6) is 11.5 Å². The van der Waals surface area contributed by atoms with Crippen LogP contribution in [0.25, 0.3) is 10.2 Å². The largest absolute Gasteiger partial charge is 0.496 e. The number of nitrogens with zero attached hydrogens (tertiary/aromatic N) is 1. The van der Waals surface area contributed by atoms with Crippen molar-refractivity contribution in [2.24, 2.45) is 0 Å². The second-order valence-electron chi connectivity index (χ2n) is 7.33. The molecule has 0 saturated heterocycles. The molecule has 3 N–H and O–H groups in total. The first kappa shape index (κ1) is 22.3. The Morgan fingerprint density at radius 1 is 0.939 bits per heavy atom. The second kappa shape index (κ2) is 10.2. The van der Waals surface area contributed by atoms with Crippen molar-refractivity contribution in [3.8, 4) is 11.5 Å². The summed E-state index contributed by atoms with van der Waals surface area (Å²) in [6.07, 6.45) is 0.400. The van der Waals surface area contributed by atoms with Gasteiger partial charge in [-0.15, -0.1) is 11.3 Å². The minimum absolute atomic E-state index is 0.101. The Kier molecular flexibility index (Phi) is 6.89. The zero-order valence-electron chi connectivity index (χ0n) is 18.3. The van der Waals surface area contributed by atoms with Gasteiger partial charge in [0, 0.05) is 22.5 Å². The molecule has 8 nitrogen and oxygen atoms in total. The summed E-state index contributed by atoms with van der Waals surface area (Å²) in [7, 11) is 3.18. The van der Waals surface area contributed by atoms with Gasteiger partial charge < -0.3 is 20.1 Å². The van der Waals surface area contributed by atoms with E-state index in [-0.39, 0.29) is 24.7 Å². The highest BCUT2D eigenvalue weighted by Crippen LogP contribution is 2.30. The van der Waals surface area contributed by atoms with Gasteiger partial charge in [-0.25, -0.2) is 0 Å². The highest BCUT2D eigenvalue weighted by Gasteiger charge is 2.16. The van der Waals surface area contributed by atoms with Gasteiger partial charge >= 0.3 is 0 Å². The number of hydrogen-bond donors (Lipinski definition) is 3. The Labute approximate surface area is 194 Å². The summed E-state index contributed by atoms with van der Waals surface area (Å²) >= 11 is 1.41. The van der Waals surface area contributed by atoms with Gasteiger partial charge in [0.05, 0.1) is 32.4 Å². The molecule has 0 atom stereocenters. The summed E-state index contributed by atoms with van der Waals surface area (Å²) in [5.41, 5.74) is 1.71. The zero-order chi connectivity index (χ0) is 23.2. The molecule has 4 aromatic rings. The van der Waals surface area contributed by atoms with Gasteiger partial charge in [-0.3, -0.25) is 14.7 Å². The lowest BCUT2D eigenvalue weighted by Crippen LogP contribution is -2.24. The summed E-state index contributed by atoms with van der Waals surface area (Å²) in [6, 6.07) is 16.8. The average molecular weight is 465 g/mol. The summed E-state index contributed by atoms with van der Waals surface area (Å²) in [6.45, 7) is 0.385. The molecule has 0 unspecified atom stereocenters. The number of para-hydroxylation sites is 2. The number of rotatable bonds is 9. The van der Waals surface area contributed by atoms with Gasteiger partial charge in [-0.05, 0) is 18.2 Å². The SMILES string of the molecule is COc1ccccc1CNC(=O)Cc1cc2c(NC(=O)Cc3ccccc3OC)[nH]nc2s1. The van der Waals surface area contributed by atoms with Crippen molar-refractivity contribution in [2.75, 3.05) is 19.5 Å². The molecule has 2 amide bonds. The maximum absolute atomic E-state index is 12.6. The fourth-order valence-electron chi connectivity index (χ4n) is 3.51. The Bertz CT molecular complexity index is 1280. The van der Waals surface area contributed by atoms with E-state index >= 15 is 0 Å². The van der Waals surface area contributed by atoms with Crippen molar-refractivity contribution in [1.29, 1.82) is 0 Å². The molecule has 33 heavy (non-hydrogen) atoms. The lowest BCUT2D eigenvalue weighted by atomic mass is 10.1. The van der Waals surface area contributed by atoms with Crippen LogP contribution < -0.4 is 20.1 Å². The van der Waals surface area contributed by atoms with Crippen LogP contribution in [0, 0.1) is 0 Å². The topological polar surface area (TPSA) is 105 Å². The number of ether oxygens (including phenoxy) is 2. The third-order valence-corrected chi connectivity index (χ3v) is 6.14.